The minimum absolute atomic E-state index is 0.0753. The highest BCUT2D eigenvalue weighted by Crippen LogP contribution is 2.25. The summed E-state index contributed by atoms with van der Waals surface area (Å²) in [5.74, 6) is 2.52. The maximum absolute atomic E-state index is 11.9. The van der Waals surface area contributed by atoms with Crippen LogP contribution in [0.2, 0.25) is 0 Å². The van der Waals surface area contributed by atoms with Gasteiger partial charge in [0.25, 0.3) is 0 Å². The van der Waals surface area contributed by atoms with Crippen LogP contribution in [0.1, 0.15) is 18.4 Å². The standard InChI is InChI=1S/C14H17NO3S/c1-3-13-14(18-13)5-4-10-15-19(16,17)12-8-6-11(2)7-9-12/h1,6-9,13-15H,4-5,10H2,2H3/t13-,14-/m1/s1. The van der Waals surface area contributed by atoms with Crippen LogP contribution >= 0.6 is 0 Å². The van der Waals surface area contributed by atoms with Gasteiger partial charge in [-0.3, -0.25) is 0 Å². The topological polar surface area (TPSA) is 58.7 Å². The van der Waals surface area contributed by atoms with E-state index in [2.05, 4.69) is 10.6 Å². The molecule has 19 heavy (non-hydrogen) atoms. The minimum atomic E-state index is -3.40. The second kappa shape index (κ2) is 5.74. The van der Waals surface area contributed by atoms with E-state index in [0.717, 1.165) is 12.0 Å². The van der Waals surface area contributed by atoms with Crippen LogP contribution in [0.15, 0.2) is 29.2 Å². The van der Waals surface area contributed by atoms with Crippen LogP contribution in [-0.4, -0.2) is 27.2 Å². The molecule has 4 nitrogen and oxygen atoms in total. The van der Waals surface area contributed by atoms with Gasteiger partial charge in [0.15, 0.2) is 0 Å². The Morgan fingerprint density at radius 1 is 1.37 bits per heavy atom. The Hall–Kier alpha value is -1.35. The van der Waals surface area contributed by atoms with E-state index < -0.39 is 10.0 Å². The molecular weight excluding hydrogens is 262 g/mol. The fraction of sp³-hybridized carbons (Fsp3) is 0.429. The predicted molar refractivity (Wildman–Crippen MR) is 73.1 cm³/mol. The monoisotopic (exact) mass is 279 g/mol. The van der Waals surface area contributed by atoms with Crippen LogP contribution in [-0.2, 0) is 14.8 Å². The fourth-order valence-electron chi connectivity index (χ4n) is 1.82. The Bertz CT molecular complexity index is 572. The number of sulfonamides is 1. The number of benzene rings is 1. The summed E-state index contributed by atoms with van der Waals surface area (Å²) in [7, 11) is -3.40. The summed E-state index contributed by atoms with van der Waals surface area (Å²) in [4.78, 5) is 0.294. The SMILES string of the molecule is C#C[C@H]1O[C@@H]1CCCNS(=O)(=O)c1ccc(C)cc1. The molecule has 5 heteroatoms. The Morgan fingerprint density at radius 3 is 2.63 bits per heavy atom. The Morgan fingerprint density at radius 2 is 2.05 bits per heavy atom. The third-order valence-corrected chi connectivity index (χ3v) is 4.51. The van der Waals surface area contributed by atoms with Crippen LogP contribution in [0.25, 0.3) is 0 Å². The van der Waals surface area contributed by atoms with E-state index in [0.29, 0.717) is 17.9 Å². The molecule has 0 saturated carbocycles. The van der Waals surface area contributed by atoms with Crippen molar-refractivity contribution in [3.05, 3.63) is 29.8 Å². The number of ether oxygens (including phenoxy) is 1. The van der Waals surface area contributed by atoms with E-state index >= 15 is 0 Å². The molecule has 0 amide bonds. The van der Waals surface area contributed by atoms with E-state index in [4.69, 9.17) is 11.2 Å². The van der Waals surface area contributed by atoms with Crippen LogP contribution in [0, 0.1) is 19.3 Å². The van der Waals surface area contributed by atoms with Gasteiger partial charge in [0, 0.05) is 6.54 Å². The maximum Gasteiger partial charge on any atom is 0.240 e. The molecule has 1 heterocycles. The molecule has 0 spiro atoms. The van der Waals surface area contributed by atoms with Gasteiger partial charge in [-0.1, -0.05) is 23.6 Å². The highest BCUT2D eigenvalue weighted by Gasteiger charge is 2.36. The van der Waals surface area contributed by atoms with E-state index in [1.807, 2.05) is 6.92 Å². The summed E-state index contributed by atoms with van der Waals surface area (Å²) in [5.41, 5.74) is 1.03. The zero-order valence-corrected chi connectivity index (χ0v) is 11.6. The molecule has 1 aliphatic rings. The average Bonchev–Trinajstić information content (AvgIpc) is 3.14. The molecule has 1 aliphatic heterocycles. The smallest absolute Gasteiger partial charge is 0.240 e. The van der Waals surface area contributed by atoms with Gasteiger partial charge in [-0.15, -0.1) is 6.42 Å². The van der Waals surface area contributed by atoms with Crippen molar-refractivity contribution in [3.8, 4) is 12.3 Å². The van der Waals surface area contributed by atoms with Crippen LogP contribution in [0.3, 0.4) is 0 Å². The summed E-state index contributed by atoms with van der Waals surface area (Å²) in [5, 5.41) is 0. The summed E-state index contributed by atoms with van der Waals surface area (Å²) >= 11 is 0. The van der Waals surface area contributed by atoms with Gasteiger partial charge in [-0.2, -0.15) is 0 Å². The first kappa shape index (κ1) is 14.1. The van der Waals surface area contributed by atoms with E-state index in [1.54, 1.807) is 24.3 Å². The number of epoxide rings is 1. The number of nitrogens with one attached hydrogen (secondary N) is 1. The van der Waals surface area contributed by atoms with Crippen molar-refractivity contribution in [2.45, 2.75) is 36.9 Å². The number of hydrogen-bond donors (Lipinski definition) is 1. The average molecular weight is 279 g/mol. The lowest BCUT2D eigenvalue weighted by atomic mass is 10.2. The lowest BCUT2D eigenvalue weighted by molar-refractivity contribution is 0.378. The second-order valence-electron chi connectivity index (χ2n) is 4.61. The summed E-state index contributed by atoms with van der Waals surface area (Å²) in [6.45, 7) is 2.31. The van der Waals surface area contributed by atoms with Crippen LogP contribution in [0.5, 0.6) is 0 Å². The Balaban J connectivity index is 1.78. The quantitative estimate of drug-likeness (QED) is 0.487. The summed E-state index contributed by atoms with van der Waals surface area (Å²) in [6, 6.07) is 6.78. The summed E-state index contributed by atoms with van der Waals surface area (Å²) in [6.07, 6.45) is 6.73. The number of hydrogen-bond acceptors (Lipinski definition) is 3. The van der Waals surface area contributed by atoms with Crippen molar-refractivity contribution < 1.29 is 13.2 Å². The largest absolute Gasteiger partial charge is 0.356 e. The molecule has 2 rings (SSSR count). The highest BCUT2D eigenvalue weighted by molar-refractivity contribution is 7.89. The lowest BCUT2D eigenvalue weighted by Crippen LogP contribution is -2.25. The van der Waals surface area contributed by atoms with E-state index in [9.17, 15) is 8.42 Å². The molecule has 102 valence electrons. The molecule has 2 atom stereocenters. The number of rotatable bonds is 6. The van der Waals surface area contributed by atoms with Crippen molar-refractivity contribution in [1.82, 2.24) is 4.72 Å². The van der Waals surface area contributed by atoms with Gasteiger partial charge < -0.3 is 4.74 Å². The zero-order chi connectivity index (χ0) is 13.9. The first-order valence-electron chi connectivity index (χ1n) is 6.21. The molecule has 0 bridgehead atoms. The third-order valence-electron chi connectivity index (χ3n) is 3.04. The lowest BCUT2D eigenvalue weighted by Gasteiger charge is -2.06. The first-order chi connectivity index (χ1) is 9.03. The van der Waals surface area contributed by atoms with Crippen molar-refractivity contribution in [3.63, 3.8) is 0 Å². The molecule has 1 aromatic carbocycles. The maximum atomic E-state index is 11.9. The Labute approximate surface area is 114 Å². The molecule has 0 unspecified atom stereocenters. The normalized spacial score (nSPS) is 21.9. The third kappa shape index (κ3) is 3.80. The molecule has 1 N–H and O–H groups in total. The van der Waals surface area contributed by atoms with Gasteiger partial charge in [0.1, 0.15) is 6.10 Å². The van der Waals surface area contributed by atoms with Crippen molar-refractivity contribution in [1.29, 1.82) is 0 Å². The minimum Gasteiger partial charge on any atom is -0.356 e. The Kier molecular flexibility index (Phi) is 4.25. The number of terminal acetylenes is 1. The highest BCUT2D eigenvalue weighted by atomic mass is 32.2. The van der Waals surface area contributed by atoms with Gasteiger partial charge in [0.05, 0.1) is 11.0 Å². The van der Waals surface area contributed by atoms with E-state index in [-0.39, 0.29) is 12.2 Å². The van der Waals surface area contributed by atoms with Crippen molar-refractivity contribution in [2.24, 2.45) is 0 Å². The van der Waals surface area contributed by atoms with Gasteiger partial charge in [0.2, 0.25) is 10.0 Å². The molecular formula is C14H17NO3S. The molecule has 1 saturated heterocycles. The molecule has 1 fully saturated rings. The molecule has 0 aliphatic carbocycles. The second-order valence-corrected chi connectivity index (χ2v) is 6.38. The van der Waals surface area contributed by atoms with Crippen LogP contribution in [0.4, 0.5) is 0 Å². The first-order valence-corrected chi connectivity index (χ1v) is 7.69. The van der Waals surface area contributed by atoms with Gasteiger partial charge >= 0.3 is 0 Å². The molecule has 1 aromatic rings. The molecule has 0 aromatic heterocycles. The zero-order valence-electron chi connectivity index (χ0n) is 10.8. The molecule has 0 radical (unpaired) electrons. The number of aryl methyl sites for hydroxylation is 1. The van der Waals surface area contributed by atoms with Gasteiger partial charge in [-0.25, -0.2) is 13.1 Å². The fourth-order valence-corrected chi connectivity index (χ4v) is 2.89. The van der Waals surface area contributed by atoms with Crippen molar-refractivity contribution >= 4 is 10.0 Å². The van der Waals surface area contributed by atoms with Crippen LogP contribution < -0.4 is 4.72 Å². The van der Waals surface area contributed by atoms with Crippen molar-refractivity contribution in [2.75, 3.05) is 6.54 Å². The summed E-state index contributed by atoms with van der Waals surface area (Å²) < 4.78 is 31.7. The van der Waals surface area contributed by atoms with Gasteiger partial charge in [-0.05, 0) is 31.9 Å². The van der Waals surface area contributed by atoms with E-state index in [1.165, 1.54) is 0 Å². The predicted octanol–water partition coefficient (Wildman–Crippen LogP) is 1.45.